The average molecular weight is 149 g/mol. The van der Waals surface area contributed by atoms with Gasteiger partial charge in [0.1, 0.15) is 11.3 Å². The monoisotopic (exact) mass is 149 g/mol. The van der Waals surface area contributed by atoms with Crippen LogP contribution in [0.5, 0.6) is 0 Å². The maximum atomic E-state index is 5.53. The summed E-state index contributed by atoms with van der Waals surface area (Å²) in [6.45, 7) is 0. The van der Waals surface area contributed by atoms with Crippen LogP contribution in [0.1, 0.15) is 0 Å². The molecule has 0 saturated carbocycles. The molecule has 0 amide bonds. The Bertz CT molecular complexity index is 391. The van der Waals surface area contributed by atoms with E-state index in [0.717, 1.165) is 5.52 Å². The number of pyridine rings is 1. The van der Waals surface area contributed by atoms with Crippen LogP contribution in [0.25, 0.3) is 11.0 Å². The molecule has 0 aliphatic carbocycles. The van der Waals surface area contributed by atoms with Gasteiger partial charge in [0.2, 0.25) is 0 Å². The Balaban J connectivity index is 2.91. The van der Waals surface area contributed by atoms with Crippen LogP contribution in [0.4, 0.5) is 11.6 Å². The van der Waals surface area contributed by atoms with Crippen LogP contribution >= 0.6 is 0 Å². The summed E-state index contributed by atoms with van der Waals surface area (Å²) >= 11 is 0. The molecule has 0 unspecified atom stereocenters. The summed E-state index contributed by atoms with van der Waals surface area (Å²) in [6, 6.07) is 1.69. The molecule has 0 fully saturated rings. The lowest BCUT2D eigenvalue weighted by atomic mass is 10.4. The lowest BCUT2D eigenvalue weighted by molar-refractivity contribution is 1.34. The smallest absolute Gasteiger partial charge is 0.154 e. The number of aromatic amines is 1. The number of hydrogen-bond donors (Lipinski definition) is 3. The number of anilines is 2. The minimum Gasteiger partial charge on any atom is -0.384 e. The fourth-order valence-electron chi connectivity index (χ4n) is 0.991. The van der Waals surface area contributed by atoms with Gasteiger partial charge < -0.3 is 16.5 Å². The fraction of sp³-hybridized carbons (Fsp3) is 0. The minimum absolute atomic E-state index is 0.362. The molecule has 0 aliphatic rings. The molecule has 5 N–H and O–H groups in total. The van der Waals surface area contributed by atoms with Gasteiger partial charge in [-0.3, -0.25) is 0 Å². The van der Waals surface area contributed by atoms with E-state index in [4.69, 9.17) is 11.5 Å². The van der Waals surface area contributed by atoms with Crippen LogP contribution in [0.15, 0.2) is 12.4 Å². The maximum absolute atomic E-state index is 5.53. The van der Waals surface area contributed by atoms with Crippen molar-refractivity contribution in [2.24, 2.45) is 0 Å². The highest BCUT2D eigenvalue weighted by molar-refractivity contribution is 5.86. The third kappa shape index (κ3) is 0.778. The van der Waals surface area contributed by atoms with Gasteiger partial charge in [-0.15, -0.1) is 0 Å². The number of nitrogen functional groups attached to an aromatic ring is 2. The number of imidazole rings is 1. The van der Waals surface area contributed by atoms with E-state index in [-0.39, 0.29) is 0 Å². The molecule has 0 aliphatic heterocycles. The molecule has 0 bridgehead atoms. The number of nitrogens with two attached hydrogens (primary N) is 2. The Morgan fingerprint density at radius 1 is 1.36 bits per heavy atom. The number of nitrogens with zero attached hydrogens (tertiary/aromatic N) is 2. The van der Waals surface area contributed by atoms with E-state index in [0.29, 0.717) is 17.2 Å². The standard InChI is InChI=1S/C6H7N5/c7-4-1-3-5(6(8)11-4)10-2-9-3/h1-2H,(H,9,10)(H4,7,8,11). The van der Waals surface area contributed by atoms with E-state index in [2.05, 4.69) is 15.0 Å². The van der Waals surface area contributed by atoms with Gasteiger partial charge in [-0.05, 0) is 0 Å². The first kappa shape index (κ1) is 5.96. The van der Waals surface area contributed by atoms with Gasteiger partial charge in [-0.1, -0.05) is 0 Å². The zero-order valence-electron chi connectivity index (χ0n) is 5.70. The van der Waals surface area contributed by atoms with E-state index in [9.17, 15) is 0 Å². The Labute approximate surface area is 62.4 Å². The second-order valence-electron chi connectivity index (χ2n) is 2.23. The van der Waals surface area contributed by atoms with E-state index < -0.39 is 0 Å². The Morgan fingerprint density at radius 3 is 3.00 bits per heavy atom. The van der Waals surface area contributed by atoms with Crippen molar-refractivity contribution in [3.8, 4) is 0 Å². The zero-order chi connectivity index (χ0) is 7.84. The lowest BCUT2D eigenvalue weighted by Crippen LogP contribution is -1.96. The molecule has 5 nitrogen and oxygen atoms in total. The predicted octanol–water partition coefficient (Wildman–Crippen LogP) is 0.122. The van der Waals surface area contributed by atoms with Gasteiger partial charge in [0.15, 0.2) is 5.82 Å². The van der Waals surface area contributed by atoms with Crippen LogP contribution in [0.3, 0.4) is 0 Å². The maximum Gasteiger partial charge on any atom is 0.154 e. The van der Waals surface area contributed by atoms with E-state index in [1.165, 1.54) is 0 Å². The molecule has 2 heterocycles. The molecule has 0 atom stereocenters. The second kappa shape index (κ2) is 1.85. The lowest BCUT2D eigenvalue weighted by Gasteiger charge is -1.95. The molecule has 0 saturated heterocycles. The molecule has 2 aromatic rings. The van der Waals surface area contributed by atoms with Crippen LogP contribution in [-0.4, -0.2) is 15.0 Å². The normalized spacial score (nSPS) is 10.5. The van der Waals surface area contributed by atoms with Gasteiger partial charge in [-0.25, -0.2) is 9.97 Å². The van der Waals surface area contributed by atoms with Gasteiger partial charge in [-0.2, -0.15) is 0 Å². The highest BCUT2D eigenvalue weighted by atomic mass is 15.0. The average Bonchev–Trinajstić information content (AvgIpc) is 2.34. The molecule has 2 rings (SSSR count). The molecule has 56 valence electrons. The highest BCUT2D eigenvalue weighted by Crippen LogP contribution is 2.16. The minimum atomic E-state index is 0.362. The first-order valence-corrected chi connectivity index (χ1v) is 3.12. The second-order valence-corrected chi connectivity index (χ2v) is 2.23. The summed E-state index contributed by atoms with van der Waals surface area (Å²) in [7, 11) is 0. The number of H-pyrrole nitrogens is 1. The number of rotatable bonds is 0. The van der Waals surface area contributed by atoms with Crippen LogP contribution in [0, 0.1) is 0 Å². The third-order valence-electron chi connectivity index (χ3n) is 1.45. The van der Waals surface area contributed by atoms with Crippen molar-refractivity contribution in [3.05, 3.63) is 12.4 Å². The first-order chi connectivity index (χ1) is 5.27. The van der Waals surface area contributed by atoms with Crippen molar-refractivity contribution in [2.75, 3.05) is 11.5 Å². The van der Waals surface area contributed by atoms with Crippen molar-refractivity contribution in [1.29, 1.82) is 0 Å². The van der Waals surface area contributed by atoms with E-state index >= 15 is 0 Å². The van der Waals surface area contributed by atoms with Crippen molar-refractivity contribution in [1.82, 2.24) is 15.0 Å². The molecular formula is C6H7N5. The SMILES string of the molecule is Nc1cc2[nH]cnc2c(N)n1. The summed E-state index contributed by atoms with van der Waals surface area (Å²) in [5, 5.41) is 0. The fourth-order valence-corrected chi connectivity index (χ4v) is 0.991. The topological polar surface area (TPSA) is 93.6 Å². The van der Waals surface area contributed by atoms with E-state index in [1.54, 1.807) is 12.4 Å². The number of hydrogen-bond acceptors (Lipinski definition) is 4. The first-order valence-electron chi connectivity index (χ1n) is 3.12. The van der Waals surface area contributed by atoms with Crippen LogP contribution < -0.4 is 11.5 Å². The zero-order valence-corrected chi connectivity index (χ0v) is 5.70. The number of fused-ring (bicyclic) bond motifs is 1. The number of nitrogens with one attached hydrogen (secondary N) is 1. The summed E-state index contributed by atoms with van der Waals surface area (Å²) < 4.78 is 0. The Kier molecular flexibility index (Phi) is 1.00. The van der Waals surface area contributed by atoms with Gasteiger partial charge in [0.25, 0.3) is 0 Å². The molecule has 0 aromatic carbocycles. The quantitative estimate of drug-likeness (QED) is 0.496. The van der Waals surface area contributed by atoms with Gasteiger partial charge in [0.05, 0.1) is 11.8 Å². The summed E-state index contributed by atoms with van der Waals surface area (Å²) in [5.74, 6) is 0.764. The van der Waals surface area contributed by atoms with Crippen molar-refractivity contribution in [2.45, 2.75) is 0 Å². The van der Waals surface area contributed by atoms with Crippen molar-refractivity contribution >= 4 is 22.7 Å². The predicted molar refractivity (Wildman–Crippen MR) is 42.7 cm³/mol. The van der Waals surface area contributed by atoms with Gasteiger partial charge in [0, 0.05) is 6.07 Å². The van der Waals surface area contributed by atoms with E-state index in [1.807, 2.05) is 0 Å². The molecule has 5 heteroatoms. The Hall–Kier alpha value is -1.78. The highest BCUT2D eigenvalue weighted by Gasteiger charge is 2.01. The number of aromatic nitrogens is 3. The van der Waals surface area contributed by atoms with Crippen LogP contribution in [-0.2, 0) is 0 Å². The largest absolute Gasteiger partial charge is 0.384 e. The third-order valence-corrected chi connectivity index (χ3v) is 1.45. The molecular weight excluding hydrogens is 142 g/mol. The molecule has 0 spiro atoms. The Morgan fingerprint density at radius 2 is 2.18 bits per heavy atom. The summed E-state index contributed by atoms with van der Waals surface area (Å²) in [4.78, 5) is 10.7. The van der Waals surface area contributed by atoms with Crippen molar-refractivity contribution < 1.29 is 0 Å². The van der Waals surface area contributed by atoms with Crippen LogP contribution in [0.2, 0.25) is 0 Å². The summed E-state index contributed by atoms with van der Waals surface area (Å²) in [5.41, 5.74) is 12.5. The van der Waals surface area contributed by atoms with Gasteiger partial charge >= 0.3 is 0 Å². The molecule has 11 heavy (non-hydrogen) atoms. The molecule has 0 radical (unpaired) electrons. The van der Waals surface area contributed by atoms with Crippen molar-refractivity contribution in [3.63, 3.8) is 0 Å². The molecule has 2 aromatic heterocycles. The summed E-state index contributed by atoms with van der Waals surface area (Å²) in [6.07, 6.45) is 1.56.